The van der Waals surface area contributed by atoms with Gasteiger partial charge >= 0.3 is 5.97 Å². The molecule has 30 heavy (non-hydrogen) atoms. The molecule has 0 saturated heterocycles. The van der Waals surface area contributed by atoms with Gasteiger partial charge in [0.25, 0.3) is 0 Å². The number of benzene rings is 1. The Hall–Kier alpha value is -2.76. The summed E-state index contributed by atoms with van der Waals surface area (Å²) >= 11 is 0. The lowest BCUT2D eigenvalue weighted by Crippen LogP contribution is -2.21. The molecule has 2 aromatic rings. The largest absolute Gasteiger partial charge is 0.493 e. The molecule has 2 aliphatic carbocycles. The van der Waals surface area contributed by atoms with Crippen molar-refractivity contribution in [1.82, 2.24) is 4.98 Å². The van der Waals surface area contributed by atoms with Crippen LogP contribution in [0.2, 0.25) is 0 Å². The van der Waals surface area contributed by atoms with Gasteiger partial charge in [0, 0.05) is 17.7 Å². The number of ketones is 1. The number of Topliss-reactive ketones (excluding diaryl/α,β-unsaturated/α-hetero) is 1. The molecule has 1 N–H and O–H groups in total. The Kier molecular flexibility index (Phi) is 5.84. The molecule has 0 radical (unpaired) electrons. The predicted octanol–water partition coefficient (Wildman–Crippen LogP) is 4.74. The van der Waals surface area contributed by atoms with E-state index in [1.165, 1.54) is 6.42 Å². The minimum Gasteiger partial charge on any atom is -0.493 e. The van der Waals surface area contributed by atoms with Crippen molar-refractivity contribution < 1.29 is 23.8 Å². The number of aromatic amines is 1. The smallest absolute Gasteiger partial charge is 0.355 e. The van der Waals surface area contributed by atoms with Crippen molar-refractivity contribution in [2.45, 2.75) is 63.9 Å². The Bertz CT molecular complexity index is 955. The van der Waals surface area contributed by atoms with Crippen LogP contribution in [0.4, 0.5) is 0 Å². The molecule has 1 aromatic carbocycles. The van der Waals surface area contributed by atoms with E-state index < -0.39 is 0 Å². The van der Waals surface area contributed by atoms with E-state index in [9.17, 15) is 9.59 Å². The number of ether oxygens (including phenoxy) is 3. The van der Waals surface area contributed by atoms with Crippen molar-refractivity contribution in [3.8, 4) is 11.5 Å². The number of hydrogen-bond donors (Lipinski definition) is 1. The molecule has 1 aromatic heterocycles. The molecule has 2 aliphatic rings. The molecular formula is C24H29NO5. The molecule has 0 spiro atoms. The standard InChI is InChI=1S/C24H29NO5/c1-14-22-18(25-23(14)24(27)30-17-7-5-4-6-8-17)11-16(12-19(22)26)15-9-10-20(28-2)21(13-15)29-3/h9-10,13,16-17,25H,4-8,11-12H2,1-3H3/t16-/m1/s1. The highest BCUT2D eigenvalue weighted by molar-refractivity contribution is 6.03. The van der Waals surface area contributed by atoms with Gasteiger partial charge in [-0.25, -0.2) is 4.79 Å². The van der Waals surface area contributed by atoms with Crippen molar-refractivity contribution in [2.75, 3.05) is 14.2 Å². The van der Waals surface area contributed by atoms with E-state index in [2.05, 4.69) is 4.98 Å². The maximum atomic E-state index is 13.0. The number of carbonyl (C=O) groups is 2. The minimum absolute atomic E-state index is 0.0128. The van der Waals surface area contributed by atoms with Crippen LogP contribution in [0.5, 0.6) is 11.5 Å². The number of carbonyl (C=O) groups excluding carboxylic acids is 2. The summed E-state index contributed by atoms with van der Waals surface area (Å²) in [5, 5.41) is 0. The van der Waals surface area contributed by atoms with Crippen molar-refractivity contribution in [1.29, 1.82) is 0 Å². The lowest BCUT2D eigenvalue weighted by molar-refractivity contribution is 0.0204. The Balaban J connectivity index is 1.57. The third-order valence-corrected chi connectivity index (χ3v) is 6.40. The Morgan fingerprint density at radius 3 is 2.47 bits per heavy atom. The molecule has 6 heteroatoms. The van der Waals surface area contributed by atoms with Gasteiger partial charge in [0.15, 0.2) is 17.3 Å². The maximum Gasteiger partial charge on any atom is 0.355 e. The Labute approximate surface area is 176 Å². The van der Waals surface area contributed by atoms with Crippen molar-refractivity contribution >= 4 is 11.8 Å². The van der Waals surface area contributed by atoms with Crippen molar-refractivity contribution in [3.63, 3.8) is 0 Å². The van der Waals surface area contributed by atoms with Gasteiger partial charge in [-0.05, 0) is 68.2 Å². The molecular weight excluding hydrogens is 382 g/mol. The fourth-order valence-corrected chi connectivity index (χ4v) is 4.77. The summed E-state index contributed by atoms with van der Waals surface area (Å²) in [4.78, 5) is 29.0. The molecule has 4 rings (SSSR count). The first-order chi connectivity index (χ1) is 14.5. The van der Waals surface area contributed by atoms with E-state index in [0.29, 0.717) is 41.2 Å². The normalized spacial score (nSPS) is 19.3. The van der Waals surface area contributed by atoms with Gasteiger partial charge in [0.1, 0.15) is 11.8 Å². The molecule has 0 bridgehead atoms. The summed E-state index contributed by atoms with van der Waals surface area (Å²) in [7, 11) is 3.20. The zero-order valence-electron chi connectivity index (χ0n) is 17.9. The first-order valence-corrected chi connectivity index (χ1v) is 10.7. The van der Waals surface area contributed by atoms with Crippen LogP contribution in [0.3, 0.4) is 0 Å². The summed E-state index contributed by atoms with van der Waals surface area (Å²) in [6.45, 7) is 1.83. The molecule has 1 atom stereocenters. The first kappa shape index (κ1) is 20.5. The summed E-state index contributed by atoms with van der Waals surface area (Å²) in [5.41, 5.74) is 3.63. The summed E-state index contributed by atoms with van der Waals surface area (Å²) in [6, 6.07) is 5.76. The third kappa shape index (κ3) is 3.83. The zero-order chi connectivity index (χ0) is 21.3. The first-order valence-electron chi connectivity index (χ1n) is 10.7. The molecule has 160 valence electrons. The van der Waals surface area contributed by atoms with Gasteiger partial charge in [0.2, 0.25) is 0 Å². The van der Waals surface area contributed by atoms with Gasteiger partial charge in [0.05, 0.1) is 14.2 Å². The fraction of sp³-hybridized carbons (Fsp3) is 0.500. The monoisotopic (exact) mass is 411 g/mol. The van der Waals surface area contributed by atoms with Gasteiger partial charge < -0.3 is 19.2 Å². The Morgan fingerprint density at radius 1 is 1.03 bits per heavy atom. The van der Waals surface area contributed by atoms with E-state index in [1.54, 1.807) is 14.2 Å². The lowest BCUT2D eigenvalue weighted by atomic mass is 9.81. The number of nitrogens with one attached hydrogen (secondary N) is 1. The number of fused-ring (bicyclic) bond motifs is 1. The quantitative estimate of drug-likeness (QED) is 0.719. The second kappa shape index (κ2) is 8.54. The van der Waals surface area contributed by atoms with Crippen LogP contribution in [0.1, 0.15) is 82.1 Å². The van der Waals surface area contributed by atoms with E-state index >= 15 is 0 Å². The van der Waals surface area contributed by atoms with Crippen molar-refractivity contribution in [3.05, 3.63) is 46.3 Å². The van der Waals surface area contributed by atoms with E-state index in [0.717, 1.165) is 36.9 Å². The number of aromatic nitrogens is 1. The van der Waals surface area contributed by atoms with E-state index in [1.807, 2.05) is 25.1 Å². The molecule has 0 unspecified atom stereocenters. The number of hydrogen-bond acceptors (Lipinski definition) is 5. The van der Waals surface area contributed by atoms with E-state index in [4.69, 9.17) is 14.2 Å². The average Bonchev–Trinajstić information content (AvgIpc) is 3.11. The van der Waals surface area contributed by atoms with Crippen LogP contribution in [0.25, 0.3) is 0 Å². The van der Waals surface area contributed by atoms with Crippen LogP contribution < -0.4 is 9.47 Å². The van der Waals surface area contributed by atoms with Gasteiger partial charge in [-0.3, -0.25) is 4.79 Å². The minimum atomic E-state index is -0.343. The third-order valence-electron chi connectivity index (χ3n) is 6.40. The maximum absolute atomic E-state index is 13.0. The average molecular weight is 411 g/mol. The van der Waals surface area contributed by atoms with Gasteiger partial charge in [-0.15, -0.1) is 0 Å². The topological polar surface area (TPSA) is 77.6 Å². The molecule has 1 heterocycles. The highest BCUT2D eigenvalue weighted by Crippen LogP contribution is 2.38. The van der Waals surface area contributed by atoms with Gasteiger partial charge in [-0.1, -0.05) is 12.5 Å². The number of esters is 1. The summed E-state index contributed by atoms with van der Waals surface area (Å²) in [5.74, 6) is 1.04. The van der Waals surface area contributed by atoms with Crippen LogP contribution in [0.15, 0.2) is 18.2 Å². The second-order valence-corrected chi connectivity index (χ2v) is 8.29. The number of H-pyrrole nitrogens is 1. The molecule has 0 aliphatic heterocycles. The zero-order valence-corrected chi connectivity index (χ0v) is 17.9. The molecule has 0 amide bonds. The summed E-state index contributed by atoms with van der Waals surface area (Å²) < 4.78 is 16.5. The predicted molar refractivity (Wildman–Crippen MR) is 113 cm³/mol. The molecule has 6 nitrogen and oxygen atoms in total. The van der Waals surface area contributed by atoms with Crippen molar-refractivity contribution in [2.24, 2.45) is 0 Å². The number of methoxy groups -OCH3 is 2. The Morgan fingerprint density at radius 2 is 1.77 bits per heavy atom. The van der Waals surface area contributed by atoms with Crippen LogP contribution >= 0.6 is 0 Å². The SMILES string of the molecule is COc1ccc([C@H]2CC(=O)c3c([nH]c(C(=O)OC4CCCCC4)c3C)C2)cc1OC. The lowest BCUT2D eigenvalue weighted by Gasteiger charge is -2.23. The van der Waals surface area contributed by atoms with Gasteiger partial charge in [-0.2, -0.15) is 0 Å². The summed E-state index contributed by atoms with van der Waals surface area (Å²) in [6.07, 6.45) is 6.30. The highest BCUT2D eigenvalue weighted by atomic mass is 16.5. The van der Waals surface area contributed by atoms with E-state index in [-0.39, 0.29) is 23.8 Å². The molecule has 1 saturated carbocycles. The number of rotatable bonds is 5. The fourth-order valence-electron chi connectivity index (χ4n) is 4.77. The molecule has 1 fully saturated rings. The second-order valence-electron chi connectivity index (χ2n) is 8.29. The van der Waals surface area contributed by atoms with Crippen LogP contribution in [-0.2, 0) is 11.2 Å². The highest BCUT2D eigenvalue weighted by Gasteiger charge is 2.33. The van der Waals surface area contributed by atoms with Crippen LogP contribution in [-0.4, -0.2) is 37.1 Å². The van der Waals surface area contributed by atoms with Crippen LogP contribution in [0, 0.1) is 6.92 Å².